The summed E-state index contributed by atoms with van der Waals surface area (Å²) in [4.78, 5) is 15.6. The third-order valence-corrected chi connectivity index (χ3v) is 2.98. The number of benzene rings is 1. The van der Waals surface area contributed by atoms with Gasteiger partial charge in [0.2, 0.25) is 0 Å². The summed E-state index contributed by atoms with van der Waals surface area (Å²) >= 11 is 0. The fourth-order valence-electron chi connectivity index (χ4n) is 1.86. The molecule has 1 aromatic heterocycles. The first-order valence-electron chi connectivity index (χ1n) is 7.10. The van der Waals surface area contributed by atoms with Gasteiger partial charge in [0.05, 0.1) is 19.4 Å². The highest BCUT2D eigenvalue weighted by molar-refractivity contribution is 5.87. The van der Waals surface area contributed by atoms with E-state index in [1.807, 2.05) is 12.1 Å². The van der Waals surface area contributed by atoms with E-state index < -0.39 is 5.97 Å². The lowest BCUT2D eigenvalue weighted by atomic mass is 10.1. The Kier molecular flexibility index (Phi) is 6.32. The lowest BCUT2D eigenvalue weighted by molar-refractivity contribution is 0.0511. The van der Waals surface area contributed by atoms with Crippen molar-refractivity contribution in [3.8, 4) is 17.6 Å². The summed E-state index contributed by atoms with van der Waals surface area (Å²) in [5, 5.41) is 9.24. The van der Waals surface area contributed by atoms with Crippen LogP contribution in [0.5, 0.6) is 5.75 Å². The maximum Gasteiger partial charge on any atom is 0.356 e. The Morgan fingerprint density at radius 3 is 2.46 bits per heavy atom. The molecule has 0 spiro atoms. The summed E-state index contributed by atoms with van der Waals surface area (Å²) in [5.41, 5.74) is 1.80. The summed E-state index contributed by atoms with van der Waals surface area (Å²) < 4.78 is 14.8. The molecule has 6 heteroatoms. The number of aliphatic hydroxyl groups is 1. The number of carbonyl (C=O) groups excluding carboxylic acids is 1. The third kappa shape index (κ3) is 4.81. The van der Waals surface area contributed by atoms with E-state index in [0.29, 0.717) is 17.0 Å². The van der Waals surface area contributed by atoms with Crippen molar-refractivity contribution < 1.29 is 24.1 Å². The normalized spacial score (nSPS) is 9.79. The Bertz CT molecular complexity index is 759. The van der Waals surface area contributed by atoms with Crippen molar-refractivity contribution in [1.82, 2.24) is 4.98 Å². The van der Waals surface area contributed by atoms with Crippen LogP contribution < -0.4 is 4.74 Å². The van der Waals surface area contributed by atoms with Crippen LogP contribution in [0.25, 0.3) is 0 Å². The molecule has 2 aromatic rings. The van der Waals surface area contributed by atoms with Crippen molar-refractivity contribution in [3.63, 3.8) is 0 Å². The summed E-state index contributed by atoms with van der Waals surface area (Å²) in [7, 11) is 2.83. The highest BCUT2D eigenvalue weighted by Gasteiger charge is 2.09. The summed E-state index contributed by atoms with van der Waals surface area (Å²) in [6.45, 7) is -0.104. The minimum absolute atomic E-state index is 0.108. The first kappa shape index (κ1) is 17.5. The molecule has 0 unspecified atom stereocenters. The maximum absolute atomic E-state index is 11.6. The number of hydrogen-bond donors (Lipinski definition) is 1. The molecule has 1 N–H and O–H groups in total. The number of methoxy groups -OCH3 is 2. The molecule has 1 heterocycles. The van der Waals surface area contributed by atoms with Gasteiger partial charge in [0.1, 0.15) is 11.4 Å². The fraction of sp³-hybridized carbons (Fsp3) is 0.222. The van der Waals surface area contributed by atoms with E-state index in [0.717, 1.165) is 5.56 Å². The molecule has 0 aliphatic carbocycles. The van der Waals surface area contributed by atoms with Crippen LogP contribution in [-0.2, 0) is 16.1 Å². The Hall–Kier alpha value is -2.88. The summed E-state index contributed by atoms with van der Waals surface area (Å²) in [6, 6.07) is 10.3. The van der Waals surface area contributed by atoms with E-state index in [9.17, 15) is 9.90 Å². The van der Waals surface area contributed by atoms with E-state index in [1.54, 1.807) is 25.3 Å². The highest BCUT2D eigenvalue weighted by Crippen LogP contribution is 2.12. The molecule has 124 valence electrons. The van der Waals surface area contributed by atoms with Gasteiger partial charge in [-0.3, -0.25) is 0 Å². The van der Waals surface area contributed by atoms with Gasteiger partial charge in [0.15, 0.2) is 6.79 Å². The predicted octanol–water partition coefficient (Wildman–Crippen LogP) is 1.74. The average Bonchev–Trinajstić information content (AvgIpc) is 2.64. The number of aliphatic hydroxyl groups excluding tert-OH is 1. The van der Waals surface area contributed by atoms with Crippen molar-refractivity contribution in [2.24, 2.45) is 0 Å². The molecule has 0 saturated carbocycles. The number of ether oxygens (including phenoxy) is 3. The zero-order valence-electron chi connectivity index (χ0n) is 13.4. The average molecular weight is 327 g/mol. The number of carbonyl (C=O) groups is 1. The van der Waals surface area contributed by atoms with Gasteiger partial charge in [-0.1, -0.05) is 11.8 Å². The first-order chi connectivity index (χ1) is 11.7. The molecule has 0 aliphatic heterocycles. The lowest BCUT2D eigenvalue weighted by Crippen LogP contribution is -2.07. The lowest BCUT2D eigenvalue weighted by Gasteiger charge is -2.03. The Labute approximate surface area is 140 Å². The van der Waals surface area contributed by atoms with Gasteiger partial charge >= 0.3 is 5.97 Å². The number of pyridine rings is 1. The minimum atomic E-state index is -0.576. The number of esters is 1. The van der Waals surface area contributed by atoms with Crippen LogP contribution in [0.3, 0.4) is 0 Å². The molecule has 0 amide bonds. The van der Waals surface area contributed by atoms with Crippen molar-refractivity contribution in [2.75, 3.05) is 21.0 Å². The SMILES string of the molecule is COCOc1ccc(C#Cc2cc(CO)nc(C(=O)OC)c2)cc1. The van der Waals surface area contributed by atoms with Crippen molar-refractivity contribution in [1.29, 1.82) is 0 Å². The Balaban J connectivity index is 2.21. The number of hydrogen-bond acceptors (Lipinski definition) is 6. The first-order valence-corrected chi connectivity index (χ1v) is 7.10. The van der Waals surface area contributed by atoms with Crippen LogP contribution in [0.1, 0.15) is 27.3 Å². The van der Waals surface area contributed by atoms with Gasteiger partial charge in [-0.25, -0.2) is 9.78 Å². The molecule has 0 bridgehead atoms. The second-order valence-electron chi connectivity index (χ2n) is 4.71. The molecule has 2 rings (SSSR count). The Morgan fingerprint density at radius 2 is 1.83 bits per heavy atom. The van der Waals surface area contributed by atoms with Crippen LogP contribution in [0.2, 0.25) is 0 Å². The van der Waals surface area contributed by atoms with Gasteiger partial charge in [-0.2, -0.15) is 0 Å². The zero-order valence-corrected chi connectivity index (χ0v) is 13.4. The standard InChI is InChI=1S/C18H17NO5/c1-22-12-24-16-7-5-13(6-8-16)3-4-14-9-15(11-20)19-17(10-14)18(21)23-2/h5-10,20H,11-12H2,1-2H3. The minimum Gasteiger partial charge on any atom is -0.468 e. The molecule has 0 saturated heterocycles. The van der Waals surface area contributed by atoms with Gasteiger partial charge < -0.3 is 19.3 Å². The predicted molar refractivity (Wildman–Crippen MR) is 86.4 cm³/mol. The van der Waals surface area contributed by atoms with E-state index >= 15 is 0 Å². The topological polar surface area (TPSA) is 77.9 Å². The van der Waals surface area contributed by atoms with E-state index in [4.69, 9.17) is 9.47 Å². The quantitative estimate of drug-likeness (QED) is 0.512. The molecule has 0 radical (unpaired) electrons. The van der Waals surface area contributed by atoms with Crippen molar-refractivity contribution in [2.45, 2.75) is 6.61 Å². The monoisotopic (exact) mass is 327 g/mol. The fourth-order valence-corrected chi connectivity index (χ4v) is 1.86. The van der Waals surface area contributed by atoms with Gasteiger partial charge in [-0.05, 0) is 36.4 Å². The van der Waals surface area contributed by atoms with Crippen LogP contribution in [0.15, 0.2) is 36.4 Å². The highest BCUT2D eigenvalue weighted by atomic mass is 16.7. The van der Waals surface area contributed by atoms with Gasteiger partial charge in [-0.15, -0.1) is 0 Å². The van der Waals surface area contributed by atoms with E-state index in [-0.39, 0.29) is 19.1 Å². The molecule has 1 aromatic carbocycles. The van der Waals surface area contributed by atoms with Crippen molar-refractivity contribution in [3.05, 3.63) is 58.9 Å². The second-order valence-corrected chi connectivity index (χ2v) is 4.71. The number of rotatable bonds is 5. The van der Waals surface area contributed by atoms with Crippen LogP contribution in [0.4, 0.5) is 0 Å². The van der Waals surface area contributed by atoms with Crippen LogP contribution in [0, 0.1) is 11.8 Å². The molecule has 24 heavy (non-hydrogen) atoms. The molecule has 6 nitrogen and oxygen atoms in total. The number of nitrogens with zero attached hydrogens (tertiary/aromatic N) is 1. The third-order valence-electron chi connectivity index (χ3n) is 2.98. The molecular formula is C18H17NO5. The molecule has 0 atom stereocenters. The smallest absolute Gasteiger partial charge is 0.356 e. The molecular weight excluding hydrogens is 310 g/mol. The Morgan fingerprint density at radius 1 is 1.12 bits per heavy atom. The van der Waals surface area contributed by atoms with Gasteiger partial charge in [0, 0.05) is 18.2 Å². The van der Waals surface area contributed by atoms with Crippen LogP contribution in [-0.4, -0.2) is 37.1 Å². The molecule has 0 aliphatic rings. The maximum atomic E-state index is 11.6. The van der Waals surface area contributed by atoms with Gasteiger partial charge in [0.25, 0.3) is 0 Å². The number of aromatic nitrogens is 1. The summed E-state index contributed by atoms with van der Waals surface area (Å²) in [5.74, 6) is 6.03. The molecule has 0 fully saturated rings. The van der Waals surface area contributed by atoms with E-state index in [2.05, 4.69) is 21.6 Å². The zero-order chi connectivity index (χ0) is 17.4. The largest absolute Gasteiger partial charge is 0.468 e. The summed E-state index contributed by atoms with van der Waals surface area (Å²) in [6.07, 6.45) is 0. The second kappa shape index (κ2) is 8.67. The van der Waals surface area contributed by atoms with Crippen molar-refractivity contribution >= 4 is 5.97 Å². The van der Waals surface area contributed by atoms with E-state index in [1.165, 1.54) is 13.2 Å². The van der Waals surface area contributed by atoms with Crippen LogP contribution >= 0.6 is 0 Å².